The summed E-state index contributed by atoms with van der Waals surface area (Å²) in [5, 5.41) is 10.6. The summed E-state index contributed by atoms with van der Waals surface area (Å²) in [7, 11) is 0. The van der Waals surface area contributed by atoms with Crippen molar-refractivity contribution in [3.05, 3.63) is 53.8 Å². The second-order valence-corrected chi connectivity index (χ2v) is 8.48. The average Bonchev–Trinajstić information content (AvgIpc) is 3.29. The summed E-state index contributed by atoms with van der Waals surface area (Å²) in [5.41, 5.74) is 3.16. The van der Waals surface area contributed by atoms with Crippen molar-refractivity contribution in [3.63, 3.8) is 0 Å². The molecule has 2 aliphatic rings. The number of ether oxygens (including phenoxy) is 1. The van der Waals surface area contributed by atoms with Crippen LogP contribution >= 0.6 is 11.7 Å². The minimum atomic E-state index is -0.483. The van der Waals surface area contributed by atoms with E-state index in [0.717, 1.165) is 43.5 Å². The third-order valence-electron chi connectivity index (χ3n) is 5.99. The SMILES string of the molecule is O[C@@H]1C[C@H]2CN(Cc3ccc4nsnc4c3)C[C@H]2C[C@H]1Oc1ccc(F)cc1. The van der Waals surface area contributed by atoms with Gasteiger partial charge in [0, 0.05) is 19.6 Å². The molecule has 0 radical (unpaired) electrons. The van der Waals surface area contributed by atoms with Crippen molar-refractivity contribution in [1.82, 2.24) is 13.6 Å². The third kappa shape index (κ3) is 3.62. The van der Waals surface area contributed by atoms with Crippen LogP contribution in [0.15, 0.2) is 42.5 Å². The van der Waals surface area contributed by atoms with Gasteiger partial charge in [-0.05, 0) is 66.6 Å². The van der Waals surface area contributed by atoms with Gasteiger partial charge in [-0.2, -0.15) is 8.75 Å². The van der Waals surface area contributed by atoms with Gasteiger partial charge in [0.15, 0.2) is 0 Å². The summed E-state index contributed by atoms with van der Waals surface area (Å²) in [6, 6.07) is 12.3. The molecule has 146 valence electrons. The van der Waals surface area contributed by atoms with E-state index in [1.807, 2.05) is 6.07 Å². The van der Waals surface area contributed by atoms with Gasteiger partial charge in [-0.25, -0.2) is 4.39 Å². The molecule has 1 aromatic heterocycles. The molecule has 1 aliphatic carbocycles. The standard InChI is InChI=1S/C21H22FN3O2S/c22-16-2-4-17(5-3-16)27-21-9-15-12-25(11-14(15)8-20(21)26)10-13-1-6-18-19(7-13)24-28-23-18/h1-7,14-15,20-21,26H,8-12H2/t14-,15+,20+,21+/m0/s1. The van der Waals surface area contributed by atoms with E-state index >= 15 is 0 Å². The van der Waals surface area contributed by atoms with Crippen LogP contribution in [0, 0.1) is 17.7 Å². The Morgan fingerprint density at radius 3 is 2.61 bits per heavy atom. The van der Waals surface area contributed by atoms with E-state index in [2.05, 4.69) is 25.8 Å². The molecule has 2 fully saturated rings. The molecule has 28 heavy (non-hydrogen) atoms. The van der Waals surface area contributed by atoms with Gasteiger partial charge in [-0.15, -0.1) is 0 Å². The number of hydrogen-bond donors (Lipinski definition) is 1. The van der Waals surface area contributed by atoms with Crippen molar-refractivity contribution in [3.8, 4) is 5.75 Å². The van der Waals surface area contributed by atoms with Crippen LogP contribution in [0.5, 0.6) is 5.75 Å². The number of rotatable bonds is 4. The molecular formula is C21H22FN3O2S. The number of nitrogens with zero attached hydrogens (tertiary/aromatic N) is 3. The first-order valence-corrected chi connectivity index (χ1v) is 10.4. The number of aromatic nitrogens is 2. The van der Waals surface area contributed by atoms with Gasteiger partial charge in [0.1, 0.15) is 28.7 Å². The zero-order chi connectivity index (χ0) is 19.1. The molecule has 0 spiro atoms. The van der Waals surface area contributed by atoms with Crippen molar-refractivity contribution in [1.29, 1.82) is 0 Å². The molecule has 0 bridgehead atoms. The van der Waals surface area contributed by atoms with Crippen LogP contribution in [0.2, 0.25) is 0 Å². The van der Waals surface area contributed by atoms with Crippen LogP contribution in [-0.4, -0.2) is 44.1 Å². The Labute approximate surface area is 167 Å². The van der Waals surface area contributed by atoms with Crippen molar-refractivity contribution < 1.29 is 14.2 Å². The van der Waals surface area contributed by atoms with Crippen LogP contribution in [-0.2, 0) is 6.54 Å². The predicted octanol–water partition coefficient (Wildman–Crippen LogP) is 3.48. The maximum Gasteiger partial charge on any atom is 0.125 e. The first-order chi connectivity index (χ1) is 13.6. The van der Waals surface area contributed by atoms with E-state index in [4.69, 9.17) is 4.74 Å². The second kappa shape index (κ2) is 7.39. The molecule has 0 unspecified atom stereocenters. The summed E-state index contributed by atoms with van der Waals surface area (Å²) in [6.07, 6.45) is 0.865. The lowest BCUT2D eigenvalue weighted by Gasteiger charge is -2.35. The molecule has 1 aliphatic heterocycles. The Bertz CT molecular complexity index is 964. The molecule has 7 heteroatoms. The van der Waals surface area contributed by atoms with Crippen molar-refractivity contribution in [2.75, 3.05) is 13.1 Å². The molecule has 5 rings (SSSR count). The van der Waals surface area contributed by atoms with Gasteiger partial charge >= 0.3 is 0 Å². The van der Waals surface area contributed by atoms with Crippen LogP contribution in [0.25, 0.3) is 11.0 Å². The van der Waals surface area contributed by atoms with Gasteiger partial charge in [0.2, 0.25) is 0 Å². The van der Waals surface area contributed by atoms with Crippen LogP contribution in [0.4, 0.5) is 4.39 Å². The number of hydrogen-bond acceptors (Lipinski definition) is 6. The smallest absolute Gasteiger partial charge is 0.125 e. The highest BCUT2D eigenvalue weighted by Crippen LogP contribution is 2.38. The molecule has 3 aromatic rings. The fourth-order valence-corrected chi connectivity index (χ4v) is 5.13. The lowest BCUT2D eigenvalue weighted by atomic mass is 9.78. The van der Waals surface area contributed by atoms with Gasteiger partial charge < -0.3 is 9.84 Å². The molecule has 5 nitrogen and oxygen atoms in total. The van der Waals surface area contributed by atoms with E-state index in [1.165, 1.54) is 29.4 Å². The Morgan fingerprint density at radius 2 is 1.79 bits per heavy atom. The lowest BCUT2D eigenvalue weighted by Crippen LogP contribution is -2.42. The predicted molar refractivity (Wildman–Crippen MR) is 106 cm³/mol. The Hall–Kier alpha value is -2.09. The molecular weight excluding hydrogens is 377 g/mol. The van der Waals surface area contributed by atoms with Crippen LogP contribution in [0.1, 0.15) is 18.4 Å². The number of fused-ring (bicyclic) bond motifs is 2. The monoisotopic (exact) mass is 399 g/mol. The van der Waals surface area contributed by atoms with Gasteiger partial charge in [-0.3, -0.25) is 4.90 Å². The fraction of sp³-hybridized carbons (Fsp3) is 0.429. The van der Waals surface area contributed by atoms with Crippen molar-refractivity contribution in [2.45, 2.75) is 31.6 Å². The summed E-state index contributed by atoms with van der Waals surface area (Å²) in [5.74, 6) is 1.34. The first kappa shape index (κ1) is 18.0. The Balaban J connectivity index is 1.23. The molecule has 1 N–H and O–H groups in total. The van der Waals surface area contributed by atoms with Crippen molar-refractivity contribution in [2.24, 2.45) is 11.8 Å². The average molecular weight is 399 g/mol. The summed E-state index contributed by atoms with van der Waals surface area (Å²) in [4.78, 5) is 2.46. The third-order valence-corrected chi connectivity index (χ3v) is 6.54. The minimum absolute atomic E-state index is 0.232. The number of likely N-dealkylation sites (tertiary alicyclic amines) is 1. The second-order valence-electron chi connectivity index (χ2n) is 7.95. The van der Waals surface area contributed by atoms with Crippen LogP contribution in [0.3, 0.4) is 0 Å². The zero-order valence-corrected chi connectivity index (χ0v) is 16.2. The molecule has 0 amide bonds. The minimum Gasteiger partial charge on any atom is -0.488 e. The number of aliphatic hydroxyl groups is 1. The maximum absolute atomic E-state index is 13.1. The first-order valence-electron chi connectivity index (χ1n) is 9.68. The van der Waals surface area contributed by atoms with Gasteiger partial charge in [0.25, 0.3) is 0 Å². The number of benzene rings is 2. The van der Waals surface area contributed by atoms with E-state index in [0.29, 0.717) is 17.6 Å². The van der Waals surface area contributed by atoms with Crippen molar-refractivity contribution >= 4 is 22.8 Å². The molecule has 2 heterocycles. The lowest BCUT2D eigenvalue weighted by molar-refractivity contribution is -0.0231. The molecule has 2 aromatic carbocycles. The normalized spacial score (nSPS) is 27.8. The molecule has 4 atom stereocenters. The fourth-order valence-electron chi connectivity index (χ4n) is 4.62. The molecule has 1 saturated heterocycles. The van der Waals surface area contributed by atoms with E-state index in [1.54, 1.807) is 12.1 Å². The summed E-state index contributed by atoms with van der Waals surface area (Å²) in [6.45, 7) is 2.90. The Morgan fingerprint density at radius 1 is 1.04 bits per heavy atom. The highest BCUT2D eigenvalue weighted by Gasteiger charge is 2.42. The van der Waals surface area contributed by atoms with Crippen LogP contribution < -0.4 is 4.74 Å². The zero-order valence-electron chi connectivity index (χ0n) is 15.4. The molecule has 1 saturated carbocycles. The highest BCUT2D eigenvalue weighted by molar-refractivity contribution is 7.00. The van der Waals surface area contributed by atoms with E-state index in [-0.39, 0.29) is 11.9 Å². The Kier molecular flexibility index (Phi) is 4.74. The summed E-state index contributed by atoms with van der Waals surface area (Å²) >= 11 is 1.25. The number of aliphatic hydroxyl groups excluding tert-OH is 1. The summed E-state index contributed by atoms with van der Waals surface area (Å²) < 4.78 is 27.7. The van der Waals surface area contributed by atoms with Gasteiger partial charge in [0.05, 0.1) is 17.8 Å². The highest BCUT2D eigenvalue weighted by atomic mass is 32.1. The number of halogens is 1. The van der Waals surface area contributed by atoms with Gasteiger partial charge in [-0.1, -0.05) is 6.07 Å². The largest absolute Gasteiger partial charge is 0.488 e. The van der Waals surface area contributed by atoms with E-state index < -0.39 is 6.10 Å². The maximum atomic E-state index is 13.1. The van der Waals surface area contributed by atoms with E-state index in [9.17, 15) is 9.50 Å². The topological polar surface area (TPSA) is 58.5 Å². The quantitative estimate of drug-likeness (QED) is 0.728.